The van der Waals surface area contributed by atoms with E-state index in [0.29, 0.717) is 0 Å². The number of nitrogens with zero attached hydrogens (tertiary/aromatic N) is 2. The zero-order valence-corrected chi connectivity index (χ0v) is 14.6. The van der Waals surface area contributed by atoms with Crippen LogP contribution >= 0.6 is 11.3 Å². The molecule has 0 spiro atoms. The third-order valence-electron chi connectivity index (χ3n) is 3.86. The molecule has 7 heteroatoms. The number of nitrogens with one attached hydrogen (secondary N) is 2. The van der Waals surface area contributed by atoms with Crippen LogP contribution in [0.25, 0.3) is 22.3 Å². The van der Waals surface area contributed by atoms with Gasteiger partial charge in [-0.1, -0.05) is 0 Å². The second-order valence-electron chi connectivity index (χ2n) is 5.36. The molecular weight excluding hydrogens is 336 g/mol. The van der Waals surface area contributed by atoms with Crippen LogP contribution in [0.3, 0.4) is 0 Å². The highest BCUT2D eigenvalue weighted by molar-refractivity contribution is 7.14. The Morgan fingerprint density at radius 2 is 2.00 bits per heavy atom. The molecule has 0 aliphatic carbocycles. The fourth-order valence-corrected chi connectivity index (χ4v) is 3.33. The summed E-state index contributed by atoms with van der Waals surface area (Å²) in [5.41, 5.74) is 4.65. The standard InChI is InChI=1S/C18H16N4O2S/c1-23-12-4-5-13(17(8-12)24-2)16-9-25-18(22-16)21-11-3-6-14-15(7-11)20-10-19-14/h3-10H,1-2H3,(H,19,20)(H,21,22). The number of hydrogen-bond acceptors (Lipinski definition) is 6. The first-order valence-corrected chi connectivity index (χ1v) is 8.53. The van der Waals surface area contributed by atoms with Crippen LogP contribution in [0, 0.1) is 0 Å². The highest BCUT2D eigenvalue weighted by Gasteiger charge is 2.11. The predicted octanol–water partition coefficient (Wildman–Crippen LogP) is 4.45. The molecule has 0 atom stereocenters. The lowest BCUT2D eigenvalue weighted by Gasteiger charge is -2.08. The fraction of sp³-hybridized carbons (Fsp3) is 0.111. The van der Waals surface area contributed by atoms with E-state index >= 15 is 0 Å². The Hall–Kier alpha value is -3.06. The molecule has 2 aromatic heterocycles. The van der Waals surface area contributed by atoms with E-state index in [4.69, 9.17) is 9.47 Å². The lowest BCUT2D eigenvalue weighted by molar-refractivity contribution is 0.395. The van der Waals surface area contributed by atoms with Gasteiger partial charge in [0.05, 0.1) is 37.3 Å². The first-order valence-electron chi connectivity index (χ1n) is 7.65. The molecular formula is C18H16N4O2S. The number of thiazole rings is 1. The minimum atomic E-state index is 0.731. The van der Waals surface area contributed by atoms with Crippen molar-refractivity contribution in [3.63, 3.8) is 0 Å². The Bertz CT molecular complexity index is 1020. The number of benzene rings is 2. The molecule has 0 aliphatic heterocycles. The molecule has 2 aromatic carbocycles. The minimum Gasteiger partial charge on any atom is -0.497 e. The summed E-state index contributed by atoms with van der Waals surface area (Å²) in [4.78, 5) is 12.0. The van der Waals surface area contributed by atoms with Crippen molar-refractivity contribution in [2.45, 2.75) is 0 Å². The summed E-state index contributed by atoms with van der Waals surface area (Å²) in [6.45, 7) is 0. The van der Waals surface area contributed by atoms with Gasteiger partial charge in [-0.05, 0) is 30.3 Å². The van der Waals surface area contributed by atoms with Crippen LogP contribution in [0.5, 0.6) is 11.5 Å². The Labute approximate surface area is 148 Å². The second-order valence-corrected chi connectivity index (χ2v) is 6.22. The monoisotopic (exact) mass is 352 g/mol. The first-order chi connectivity index (χ1) is 12.3. The number of aromatic nitrogens is 3. The zero-order valence-electron chi connectivity index (χ0n) is 13.7. The zero-order chi connectivity index (χ0) is 17.2. The van der Waals surface area contributed by atoms with Crippen molar-refractivity contribution in [3.8, 4) is 22.8 Å². The van der Waals surface area contributed by atoms with E-state index in [0.717, 1.165) is 44.6 Å². The van der Waals surface area contributed by atoms with Gasteiger partial charge >= 0.3 is 0 Å². The quantitative estimate of drug-likeness (QED) is 0.555. The molecule has 2 N–H and O–H groups in total. The Morgan fingerprint density at radius 1 is 1.08 bits per heavy atom. The highest BCUT2D eigenvalue weighted by Crippen LogP contribution is 2.35. The van der Waals surface area contributed by atoms with Crippen molar-refractivity contribution in [3.05, 3.63) is 48.1 Å². The van der Waals surface area contributed by atoms with Crippen LogP contribution in [-0.2, 0) is 0 Å². The van der Waals surface area contributed by atoms with Crippen molar-refractivity contribution in [1.82, 2.24) is 15.0 Å². The molecule has 25 heavy (non-hydrogen) atoms. The van der Waals surface area contributed by atoms with Crippen molar-refractivity contribution in [2.24, 2.45) is 0 Å². The van der Waals surface area contributed by atoms with Gasteiger partial charge in [-0.3, -0.25) is 0 Å². The molecule has 0 fully saturated rings. The smallest absolute Gasteiger partial charge is 0.187 e. The predicted molar refractivity (Wildman–Crippen MR) is 100 cm³/mol. The Morgan fingerprint density at radius 3 is 2.84 bits per heavy atom. The molecule has 2 heterocycles. The molecule has 4 rings (SSSR count). The normalized spacial score (nSPS) is 10.8. The van der Waals surface area contributed by atoms with E-state index < -0.39 is 0 Å². The van der Waals surface area contributed by atoms with E-state index in [2.05, 4.69) is 20.3 Å². The van der Waals surface area contributed by atoms with E-state index in [1.807, 2.05) is 41.8 Å². The van der Waals surface area contributed by atoms with E-state index in [9.17, 15) is 0 Å². The first kappa shape index (κ1) is 15.5. The number of methoxy groups -OCH3 is 2. The summed E-state index contributed by atoms with van der Waals surface area (Å²) in [6.07, 6.45) is 1.69. The maximum Gasteiger partial charge on any atom is 0.187 e. The molecule has 0 radical (unpaired) electrons. The van der Waals surface area contributed by atoms with Crippen molar-refractivity contribution >= 4 is 33.2 Å². The third-order valence-corrected chi connectivity index (χ3v) is 4.62. The number of hydrogen-bond donors (Lipinski definition) is 2. The minimum absolute atomic E-state index is 0.731. The molecule has 0 saturated carbocycles. The maximum absolute atomic E-state index is 5.46. The Kier molecular flexibility index (Phi) is 3.99. The summed E-state index contributed by atoms with van der Waals surface area (Å²) < 4.78 is 10.7. The molecule has 4 aromatic rings. The molecule has 0 bridgehead atoms. The van der Waals surface area contributed by atoms with Crippen LogP contribution in [0.2, 0.25) is 0 Å². The summed E-state index contributed by atoms with van der Waals surface area (Å²) in [5, 5.41) is 6.13. The van der Waals surface area contributed by atoms with E-state index in [-0.39, 0.29) is 0 Å². The number of ether oxygens (including phenoxy) is 2. The lowest BCUT2D eigenvalue weighted by atomic mass is 10.1. The molecule has 126 valence electrons. The number of H-pyrrole nitrogens is 1. The average Bonchev–Trinajstić information content (AvgIpc) is 3.30. The number of anilines is 2. The van der Waals surface area contributed by atoms with Gasteiger partial charge in [0.2, 0.25) is 0 Å². The number of fused-ring (bicyclic) bond motifs is 1. The van der Waals surface area contributed by atoms with Crippen LogP contribution < -0.4 is 14.8 Å². The summed E-state index contributed by atoms with van der Waals surface area (Å²) in [7, 11) is 3.28. The number of rotatable bonds is 5. The van der Waals surface area contributed by atoms with Gasteiger partial charge in [0, 0.05) is 22.7 Å². The van der Waals surface area contributed by atoms with Crippen molar-refractivity contribution < 1.29 is 9.47 Å². The van der Waals surface area contributed by atoms with E-state index in [1.165, 1.54) is 11.3 Å². The van der Waals surface area contributed by atoms with Gasteiger partial charge in [0.25, 0.3) is 0 Å². The van der Waals surface area contributed by atoms with E-state index in [1.54, 1.807) is 20.5 Å². The average molecular weight is 352 g/mol. The molecule has 0 unspecified atom stereocenters. The summed E-state index contributed by atoms with van der Waals surface area (Å²) >= 11 is 1.54. The van der Waals surface area contributed by atoms with Gasteiger partial charge in [-0.2, -0.15) is 0 Å². The van der Waals surface area contributed by atoms with Gasteiger partial charge in [0.1, 0.15) is 11.5 Å². The van der Waals surface area contributed by atoms with Gasteiger partial charge in [-0.25, -0.2) is 9.97 Å². The van der Waals surface area contributed by atoms with Crippen LogP contribution in [0.4, 0.5) is 10.8 Å². The fourth-order valence-electron chi connectivity index (χ4n) is 2.60. The van der Waals surface area contributed by atoms with Gasteiger partial charge in [0.15, 0.2) is 5.13 Å². The lowest BCUT2D eigenvalue weighted by Crippen LogP contribution is -1.92. The summed E-state index contributed by atoms with van der Waals surface area (Å²) in [6, 6.07) is 11.7. The van der Waals surface area contributed by atoms with Crippen molar-refractivity contribution in [2.75, 3.05) is 19.5 Å². The number of imidazole rings is 1. The third kappa shape index (κ3) is 3.01. The number of aromatic amines is 1. The largest absolute Gasteiger partial charge is 0.497 e. The van der Waals surface area contributed by atoms with Crippen LogP contribution in [0.15, 0.2) is 48.1 Å². The van der Waals surface area contributed by atoms with Gasteiger partial charge < -0.3 is 19.8 Å². The Balaban J connectivity index is 1.61. The SMILES string of the molecule is COc1ccc(-c2csc(Nc3ccc4[nH]cnc4c3)n2)c(OC)c1. The maximum atomic E-state index is 5.46. The van der Waals surface area contributed by atoms with Crippen molar-refractivity contribution in [1.29, 1.82) is 0 Å². The van der Waals surface area contributed by atoms with Gasteiger partial charge in [-0.15, -0.1) is 11.3 Å². The molecule has 0 saturated heterocycles. The highest BCUT2D eigenvalue weighted by atomic mass is 32.1. The molecule has 6 nitrogen and oxygen atoms in total. The van der Waals surface area contributed by atoms with Crippen LogP contribution in [0.1, 0.15) is 0 Å². The molecule has 0 amide bonds. The van der Waals surface area contributed by atoms with Crippen LogP contribution in [-0.4, -0.2) is 29.2 Å². The topological polar surface area (TPSA) is 72.1 Å². The summed E-state index contributed by atoms with van der Waals surface area (Å²) in [5.74, 6) is 1.48. The molecule has 0 aliphatic rings. The second kappa shape index (κ2) is 6.45.